The summed E-state index contributed by atoms with van der Waals surface area (Å²) in [7, 11) is 0. The van der Waals surface area contributed by atoms with Gasteiger partial charge in [-0.2, -0.15) is 9.78 Å². The second-order valence-corrected chi connectivity index (χ2v) is 6.06. The number of halogens is 1. The molecule has 1 heterocycles. The molecule has 5 nitrogen and oxygen atoms in total. The Morgan fingerprint density at radius 1 is 1.42 bits per heavy atom. The van der Waals surface area contributed by atoms with Gasteiger partial charge in [0.25, 0.3) is 0 Å². The number of nitrogens with zero attached hydrogens (tertiary/aromatic N) is 2. The van der Waals surface area contributed by atoms with Crippen LogP contribution < -0.4 is 0 Å². The van der Waals surface area contributed by atoms with Crippen LogP contribution in [0.5, 0.6) is 0 Å². The number of benzene rings is 1. The third-order valence-corrected chi connectivity index (χ3v) is 3.15. The maximum absolute atomic E-state index is 12.1. The Bertz CT molecular complexity index is 656. The van der Waals surface area contributed by atoms with E-state index in [0.29, 0.717) is 20.2 Å². The lowest BCUT2D eigenvalue weighted by atomic mass is 10.1. The number of carbonyl (C=O) groups excluding carboxylic acids is 2. The zero-order valence-electron chi connectivity index (χ0n) is 10.8. The van der Waals surface area contributed by atoms with E-state index >= 15 is 0 Å². The van der Waals surface area contributed by atoms with Gasteiger partial charge in [-0.15, -0.1) is 0 Å². The monoisotopic (exact) mass is 372 g/mol. The Balaban J connectivity index is 2.57. The summed E-state index contributed by atoms with van der Waals surface area (Å²) in [6, 6.07) is 5.14. The molecule has 0 aliphatic heterocycles. The predicted molar refractivity (Wildman–Crippen MR) is 79.5 cm³/mol. The van der Waals surface area contributed by atoms with Gasteiger partial charge in [0.05, 0.1) is 5.52 Å². The first kappa shape index (κ1) is 14.0. The standard InChI is InChI=1S/C13H13IN2O3/c1-13(2,3)19-12(18)16-9-6-4-5-8(7-17)10(9)11(14)15-16/h4-7H,1-3H3. The minimum absolute atomic E-state index is 0.511. The van der Waals surface area contributed by atoms with E-state index in [4.69, 9.17) is 4.74 Å². The fourth-order valence-electron chi connectivity index (χ4n) is 1.69. The molecule has 2 aromatic rings. The van der Waals surface area contributed by atoms with E-state index in [1.807, 2.05) is 22.6 Å². The van der Waals surface area contributed by atoms with Gasteiger partial charge < -0.3 is 4.74 Å². The van der Waals surface area contributed by atoms with E-state index in [1.54, 1.807) is 39.0 Å². The first-order valence-electron chi connectivity index (χ1n) is 5.69. The third-order valence-electron chi connectivity index (χ3n) is 2.39. The van der Waals surface area contributed by atoms with Crippen LogP contribution in [0.1, 0.15) is 31.1 Å². The summed E-state index contributed by atoms with van der Waals surface area (Å²) < 4.78 is 7.08. The van der Waals surface area contributed by atoms with Gasteiger partial charge in [0.1, 0.15) is 9.30 Å². The second kappa shape index (κ2) is 4.92. The highest BCUT2D eigenvalue weighted by molar-refractivity contribution is 14.1. The highest BCUT2D eigenvalue weighted by Crippen LogP contribution is 2.24. The zero-order valence-corrected chi connectivity index (χ0v) is 13.0. The van der Waals surface area contributed by atoms with Gasteiger partial charge in [-0.3, -0.25) is 4.79 Å². The molecule has 1 aromatic heterocycles. The van der Waals surface area contributed by atoms with Gasteiger partial charge >= 0.3 is 6.09 Å². The van der Waals surface area contributed by atoms with Crippen molar-refractivity contribution in [3.05, 3.63) is 27.5 Å². The lowest BCUT2D eigenvalue weighted by Crippen LogP contribution is -2.27. The molecular weight excluding hydrogens is 359 g/mol. The summed E-state index contributed by atoms with van der Waals surface area (Å²) in [4.78, 5) is 23.1. The van der Waals surface area contributed by atoms with Crippen molar-refractivity contribution in [2.45, 2.75) is 26.4 Å². The van der Waals surface area contributed by atoms with Crippen LogP contribution in [0.4, 0.5) is 4.79 Å². The summed E-state index contributed by atoms with van der Waals surface area (Å²) >= 11 is 2.00. The first-order chi connectivity index (χ1) is 8.83. The van der Waals surface area contributed by atoms with Crippen molar-refractivity contribution in [2.24, 2.45) is 0 Å². The van der Waals surface area contributed by atoms with Crippen molar-refractivity contribution in [3.63, 3.8) is 0 Å². The Labute approximate surface area is 124 Å². The van der Waals surface area contributed by atoms with Crippen LogP contribution >= 0.6 is 22.6 Å². The van der Waals surface area contributed by atoms with Gasteiger partial charge in [-0.05, 0) is 49.4 Å². The fourth-order valence-corrected chi connectivity index (χ4v) is 2.50. The maximum atomic E-state index is 12.1. The van der Waals surface area contributed by atoms with E-state index in [9.17, 15) is 9.59 Å². The minimum Gasteiger partial charge on any atom is -0.442 e. The number of ether oxygens (including phenoxy) is 1. The molecule has 0 N–H and O–H groups in total. The number of hydrogen-bond donors (Lipinski definition) is 0. The molecule has 0 aliphatic carbocycles. The van der Waals surface area contributed by atoms with Crippen LogP contribution in [0.25, 0.3) is 10.9 Å². The highest BCUT2D eigenvalue weighted by atomic mass is 127. The van der Waals surface area contributed by atoms with E-state index in [0.717, 1.165) is 6.29 Å². The number of hydrogen-bond acceptors (Lipinski definition) is 4. The van der Waals surface area contributed by atoms with Crippen molar-refractivity contribution in [3.8, 4) is 0 Å². The molecule has 0 bridgehead atoms. The van der Waals surface area contributed by atoms with E-state index < -0.39 is 11.7 Å². The van der Waals surface area contributed by atoms with Gasteiger partial charge in [0, 0.05) is 10.9 Å². The van der Waals surface area contributed by atoms with Crippen LogP contribution in [0.2, 0.25) is 0 Å². The van der Waals surface area contributed by atoms with Crippen LogP contribution in [-0.4, -0.2) is 27.8 Å². The number of aldehydes is 1. The smallest absolute Gasteiger partial charge is 0.435 e. The molecule has 0 fully saturated rings. The molecule has 0 spiro atoms. The van der Waals surface area contributed by atoms with E-state index in [-0.39, 0.29) is 0 Å². The van der Waals surface area contributed by atoms with Gasteiger partial charge in [-0.1, -0.05) is 12.1 Å². The fraction of sp³-hybridized carbons (Fsp3) is 0.308. The Hall–Kier alpha value is -1.44. The average Bonchev–Trinajstić information content (AvgIpc) is 2.65. The Morgan fingerprint density at radius 3 is 2.68 bits per heavy atom. The molecule has 0 radical (unpaired) electrons. The molecule has 0 saturated heterocycles. The van der Waals surface area contributed by atoms with Crippen LogP contribution in [-0.2, 0) is 4.74 Å². The molecule has 0 unspecified atom stereocenters. The molecule has 1 aromatic carbocycles. The quantitative estimate of drug-likeness (QED) is 0.570. The number of carbonyl (C=O) groups is 2. The molecule has 19 heavy (non-hydrogen) atoms. The van der Waals surface area contributed by atoms with Crippen molar-refractivity contribution in [1.29, 1.82) is 0 Å². The molecule has 100 valence electrons. The summed E-state index contributed by atoms with van der Waals surface area (Å²) in [5.41, 5.74) is 0.489. The summed E-state index contributed by atoms with van der Waals surface area (Å²) in [6.45, 7) is 5.37. The van der Waals surface area contributed by atoms with E-state index in [1.165, 1.54) is 4.68 Å². The predicted octanol–water partition coefficient (Wildman–Crippen LogP) is 3.24. The lowest BCUT2D eigenvalue weighted by molar-refractivity contribution is 0.0522. The first-order valence-corrected chi connectivity index (χ1v) is 6.77. The van der Waals surface area contributed by atoms with Crippen molar-refractivity contribution in [2.75, 3.05) is 0 Å². The highest BCUT2D eigenvalue weighted by Gasteiger charge is 2.22. The maximum Gasteiger partial charge on any atom is 0.435 e. The SMILES string of the molecule is CC(C)(C)OC(=O)n1nc(I)c2c(C=O)cccc21. The van der Waals surface area contributed by atoms with Crippen LogP contribution in [0.15, 0.2) is 18.2 Å². The van der Waals surface area contributed by atoms with Crippen molar-refractivity contribution < 1.29 is 14.3 Å². The molecule has 0 atom stereocenters. The normalized spacial score (nSPS) is 11.6. The molecular formula is C13H13IN2O3. The summed E-state index contributed by atoms with van der Waals surface area (Å²) in [5.74, 6) is 0. The molecule has 0 saturated carbocycles. The average molecular weight is 372 g/mol. The summed E-state index contributed by atoms with van der Waals surface area (Å²) in [5, 5.41) is 4.82. The van der Waals surface area contributed by atoms with Crippen LogP contribution in [0, 0.1) is 3.70 Å². The summed E-state index contributed by atoms with van der Waals surface area (Å²) in [6.07, 6.45) is 0.203. The van der Waals surface area contributed by atoms with E-state index in [2.05, 4.69) is 5.10 Å². The topological polar surface area (TPSA) is 61.2 Å². The zero-order chi connectivity index (χ0) is 14.2. The minimum atomic E-state index is -0.594. The van der Waals surface area contributed by atoms with Crippen molar-refractivity contribution >= 4 is 45.9 Å². The largest absolute Gasteiger partial charge is 0.442 e. The molecule has 0 aliphatic rings. The Kier molecular flexibility index (Phi) is 3.62. The molecule has 0 amide bonds. The third kappa shape index (κ3) is 2.78. The lowest BCUT2D eigenvalue weighted by Gasteiger charge is -2.19. The van der Waals surface area contributed by atoms with Crippen LogP contribution in [0.3, 0.4) is 0 Å². The van der Waals surface area contributed by atoms with Gasteiger partial charge in [-0.25, -0.2) is 4.79 Å². The van der Waals surface area contributed by atoms with Crippen molar-refractivity contribution in [1.82, 2.24) is 9.78 Å². The molecule has 6 heteroatoms. The Morgan fingerprint density at radius 2 is 2.11 bits per heavy atom. The number of fused-ring (bicyclic) bond motifs is 1. The number of rotatable bonds is 1. The number of aromatic nitrogens is 2. The van der Waals surface area contributed by atoms with Gasteiger partial charge in [0.15, 0.2) is 6.29 Å². The molecule has 2 rings (SSSR count). The van der Waals surface area contributed by atoms with Gasteiger partial charge in [0.2, 0.25) is 0 Å². The second-order valence-electron chi connectivity index (χ2n) is 5.04.